The van der Waals surface area contributed by atoms with Crippen molar-refractivity contribution >= 4 is 66.3 Å². The van der Waals surface area contributed by atoms with Gasteiger partial charge in [0.2, 0.25) is 5.75 Å². The molecule has 0 saturated carbocycles. The molecule has 0 spiro atoms. The Kier molecular flexibility index (Phi) is 7.77. The molecule has 0 saturated heterocycles. The summed E-state index contributed by atoms with van der Waals surface area (Å²) < 4.78 is 14.9. The quantitative estimate of drug-likeness (QED) is 0.316. The number of benzene rings is 1. The molecule has 0 fully saturated rings. The second kappa shape index (κ2) is 7.65. The molecule has 17 heavy (non-hydrogen) atoms. The van der Waals surface area contributed by atoms with Crippen molar-refractivity contribution in [1.29, 1.82) is 0 Å². The zero-order valence-electron chi connectivity index (χ0n) is 8.01. The van der Waals surface area contributed by atoms with Crippen LogP contribution in [0.3, 0.4) is 0 Å². The smallest absolute Gasteiger partial charge is 0.226 e. The van der Waals surface area contributed by atoms with Crippen molar-refractivity contribution in [2.75, 3.05) is 0 Å². The Labute approximate surface area is 124 Å². The minimum absolute atomic E-state index is 0.0474. The van der Waals surface area contributed by atoms with Gasteiger partial charge >= 0.3 is 8.25 Å². The average molecular weight is 357 g/mol. The van der Waals surface area contributed by atoms with Crippen molar-refractivity contribution < 1.29 is 14.0 Å². The summed E-state index contributed by atoms with van der Waals surface area (Å²) in [6, 6.07) is 0. The highest BCUT2D eigenvalue weighted by Crippen LogP contribution is 2.49. The topological polar surface area (TPSA) is 46.5 Å². The van der Waals surface area contributed by atoms with Gasteiger partial charge in [-0.3, -0.25) is 0 Å². The molecule has 0 aromatic heterocycles. The molecule has 0 bridgehead atoms. The maximum absolute atomic E-state index is 10.5. The van der Waals surface area contributed by atoms with Gasteiger partial charge in [0.25, 0.3) is 0 Å². The molecule has 0 aliphatic rings. The summed E-state index contributed by atoms with van der Waals surface area (Å²) in [4.78, 5) is 8.56. The molecule has 0 radical (unpaired) electrons. The first kappa shape index (κ1) is 17.3. The van der Waals surface area contributed by atoms with Crippen molar-refractivity contribution in [3.63, 3.8) is 0 Å². The summed E-state index contributed by atoms with van der Waals surface area (Å²) >= 11 is 28.4. The third-order valence-corrected chi connectivity index (χ3v) is 3.92. The Bertz CT molecular complexity index is 422. The number of hydrogen-bond acceptors (Lipinski definition) is 2. The second-order valence-corrected chi connectivity index (χ2v) is 4.78. The van der Waals surface area contributed by atoms with Crippen LogP contribution >= 0.6 is 66.3 Å². The highest BCUT2D eigenvalue weighted by molar-refractivity contribution is 7.32. The van der Waals surface area contributed by atoms with E-state index >= 15 is 0 Å². The van der Waals surface area contributed by atoms with Crippen molar-refractivity contribution in [3.05, 3.63) is 38.3 Å². The van der Waals surface area contributed by atoms with Crippen LogP contribution in [0.5, 0.6) is 5.75 Å². The average Bonchev–Trinajstić information content (AvgIpc) is 2.32. The molecule has 1 unspecified atom stereocenters. The van der Waals surface area contributed by atoms with Crippen LogP contribution in [-0.4, -0.2) is 4.89 Å². The monoisotopic (exact) mass is 355 g/mol. The standard InChI is InChI=1S/C6Cl5O3P.C2H4/c7-1-2(8)4(10)6(14-15(12)13)5(11)3(1)9;1-2/h;1-2H2/p+1. The van der Waals surface area contributed by atoms with Crippen LogP contribution in [0, 0.1) is 0 Å². The lowest BCUT2D eigenvalue weighted by Crippen LogP contribution is -1.87. The zero-order chi connectivity index (χ0) is 13.7. The fraction of sp³-hybridized carbons (Fsp3) is 0. The van der Waals surface area contributed by atoms with Crippen LogP contribution in [-0.2, 0) is 4.57 Å². The predicted molar refractivity (Wildman–Crippen MR) is 73.2 cm³/mol. The summed E-state index contributed by atoms with van der Waals surface area (Å²) in [5, 5.41) is -0.588. The summed E-state index contributed by atoms with van der Waals surface area (Å²) in [5.41, 5.74) is 0. The van der Waals surface area contributed by atoms with Gasteiger partial charge in [-0.2, -0.15) is 0 Å². The van der Waals surface area contributed by atoms with E-state index in [0.717, 1.165) is 0 Å². The largest absolute Gasteiger partial charge is 0.747 e. The SMILES string of the molecule is C=C.O=[P+](O)Oc1c(Cl)c(Cl)c(Cl)c(Cl)c1Cl. The highest BCUT2D eigenvalue weighted by Gasteiger charge is 2.27. The first-order valence-corrected chi connectivity index (χ1v) is 6.73. The van der Waals surface area contributed by atoms with E-state index in [9.17, 15) is 4.57 Å². The maximum Gasteiger partial charge on any atom is 0.747 e. The fourth-order valence-electron chi connectivity index (χ4n) is 0.743. The van der Waals surface area contributed by atoms with Gasteiger partial charge < -0.3 is 0 Å². The van der Waals surface area contributed by atoms with E-state index in [1.165, 1.54) is 0 Å². The van der Waals surface area contributed by atoms with E-state index in [0.29, 0.717) is 0 Å². The van der Waals surface area contributed by atoms with E-state index in [2.05, 4.69) is 17.7 Å². The fourth-order valence-corrected chi connectivity index (χ4v) is 2.39. The Morgan fingerprint density at radius 2 is 1.18 bits per heavy atom. The van der Waals surface area contributed by atoms with Crippen molar-refractivity contribution in [3.8, 4) is 5.75 Å². The van der Waals surface area contributed by atoms with Crippen LogP contribution in [0.15, 0.2) is 13.2 Å². The molecule has 0 heterocycles. The molecule has 1 N–H and O–H groups in total. The molecule has 3 nitrogen and oxygen atoms in total. The van der Waals surface area contributed by atoms with Crippen LogP contribution in [0.2, 0.25) is 25.1 Å². The van der Waals surface area contributed by atoms with E-state index in [-0.39, 0.29) is 30.9 Å². The highest BCUT2D eigenvalue weighted by atomic mass is 35.5. The van der Waals surface area contributed by atoms with E-state index in [1.807, 2.05) is 0 Å². The Morgan fingerprint density at radius 1 is 0.882 bits per heavy atom. The van der Waals surface area contributed by atoms with Gasteiger partial charge in [-0.15, -0.1) is 18.1 Å². The predicted octanol–water partition coefficient (Wildman–Crippen LogP) is 5.78. The first-order valence-electron chi connectivity index (χ1n) is 3.71. The molecule has 0 amide bonds. The summed E-state index contributed by atoms with van der Waals surface area (Å²) in [5.74, 6) is -0.277. The Hall–Kier alpha value is 0.270. The maximum atomic E-state index is 10.5. The molecule has 1 aromatic carbocycles. The molecular formula is C8H5Cl5O3P+. The molecular weight excluding hydrogens is 352 g/mol. The second-order valence-electron chi connectivity index (χ2n) is 2.23. The minimum Gasteiger partial charge on any atom is -0.226 e. The molecule has 9 heteroatoms. The van der Waals surface area contributed by atoms with Crippen LogP contribution in [0.1, 0.15) is 0 Å². The van der Waals surface area contributed by atoms with Gasteiger partial charge in [0.15, 0.2) is 0 Å². The van der Waals surface area contributed by atoms with Crippen molar-refractivity contribution in [1.82, 2.24) is 0 Å². The molecule has 1 atom stereocenters. The van der Waals surface area contributed by atoms with Crippen LogP contribution < -0.4 is 4.52 Å². The molecule has 94 valence electrons. The number of halogens is 5. The van der Waals surface area contributed by atoms with Gasteiger partial charge in [0.05, 0.1) is 15.1 Å². The normalized spacial score (nSPS) is 10.4. The van der Waals surface area contributed by atoms with Crippen LogP contribution in [0.25, 0.3) is 0 Å². The van der Waals surface area contributed by atoms with E-state index in [4.69, 9.17) is 62.9 Å². The van der Waals surface area contributed by atoms with Crippen molar-refractivity contribution in [2.24, 2.45) is 0 Å². The van der Waals surface area contributed by atoms with Gasteiger partial charge in [0, 0.05) is 4.57 Å². The van der Waals surface area contributed by atoms with Crippen LogP contribution in [0.4, 0.5) is 0 Å². The van der Waals surface area contributed by atoms with E-state index in [1.54, 1.807) is 0 Å². The number of hydrogen-bond donors (Lipinski definition) is 1. The lowest BCUT2D eigenvalue weighted by molar-refractivity contribution is 0.410. The molecule has 0 aliphatic heterocycles. The Balaban J connectivity index is 0.00000121. The molecule has 0 aliphatic carbocycles. The third-order valence-electron chi connectivity index (χ3n) is 1.34. The summed E-state index contributed by atoms with van der Waals surface area (Å²) in [6.07, 6.45) is 0. The summed E-state index contributed by atoms with van der Waals surface area (Å²) in [6.45, 7) is 6.00. The zero-order valence-corrected chi connectivity index (χ0v) is 12.7. The van der Waals surface area contributed by atoms with Gasteiger partial charge in [-0.1, -0.05) is 58.0 Å². The van der Waals surface area contributed by atoms with Gasteiger partial charge in [-0.05, 0) is 0 Å². The lowest BCUT2D eigenvalue weighted by atomic mass is 10.3. The van der Waals surface area contributed by atoms with Gasteiger partial charge in [-0.25, -0.2) is 4.52 Å². The summed E-state index contributed by atoms with van der Waals surface area (Å²) in [7, 11) is -2.92. The Morgan fingerprint density at radius 3 is 1.47 bits per heavy atom. The third kappa shape index (κ3) is 4.15. The van der Waals surface area contributed by atoms with Crippen molar-refractivity contribution in [2.45, 2.75) is 0 Å². The molecule has 1 aromatic rings. The first-order chi connectivity index (χ1) is 7.86. The lowest BCUT2D eigenvalue weighted by Gasteiger charge is -2.06. The van der Waals surface area contributed by atoms with E-state index < -0.39 is 8.25 Å². The number of rotatable bonds is 2. The molecule has 1 rings (SSSR count). The van der Waals surface area contributed by atoms with Gasteiger partial charge in [0.1, 0.15) is 10.0 Å². The minimum atomic E-state index is -2.92.